The van der Waals surface area contributed by atoms with Crippen LogP contribution in [0.4, 0.5) is 5.69 Å². The highest BCUT2D eigenvalue weighted by Crippen LogP contribution is 2.55. The molecular formula is C31H34ClNO2. The average Bonchev–Trinajstić information content (AvgIpc) is 2.73. The number of halogens is 1. The number of allylic oxidation sites excluding steroid dienone is 4. The van der Waals surface area contributed by atoms with Gasteiger partial charge in [-0.3, -0.25) is 9.59 Å². The van der Waals surface area contributed by atoms with Crippen LogP contribution in [-0.4, -0.2) is 11.6 Å². The Hall–Kier alpha value is -2.65. The molecule has 2 aliphatic carbocycles. The highest BCUT2D eigenvalue weighted by Gasteiger charge is 2.49. The molecule has 5 rings (SSSR count). The molecule has 4 heteroatoms. The van der Waals surface area contributed by atoms with Gasteiger partial charge in [-0.05, 0) is 78.5 Å². The summed E-state index contributed by atoms with van der Waals surface area (Å²) in [5, 5.41) is 0.650. The molecule has 1 heterocycles. The molecule has 0 spiro atoms. The number of nitrogens with zero attached hydrogens (tertiary/aromatic N) is 1. The molecule has 3 aliphatic rings. The summed E-state index contributed by atoms with van der Waals surface area (Å²) < 4.78 is 0. The first-order chi connectivity index (χ1) is 16.4. The van der Waals surface area contributed by atoms with Crippen molar-refractivity contribution in [2.45, 2.75) is 73.1 Å². The monoisotopic (exact) mass is 487 g/mol. The van der Waals surface area contributed by atoms with Gasteiger partial charge in [0.15, 0.2) is 11.6 Å². The third-order valence-electron chi connectivity index (χ3n) is 7.86. The lowest BCUT2D eigenvalue weighted by molar-refractivity contribution is -0.119. The summed E-state index contributed by atoms with van der Waals surface area (Å²) in [6.07, 6.45) is 2.55. The summed E-state index contributed by atoms with van der Waals surface area (Å²) in [6.45, 7) is 12.9. The van der Waals surface area contributed by atoms with Crippen molar-refractivity contribution in [3.63, 3.8) is 0 Å². The van der Waals surface area contributed by atoms with E-state index in [1.165, 1.54) is 11.1 Å². The van der Waals surface area contributed by atoms with Crippen molar-refractivity contribution in [3.05, 3.63) is 86.7 Å². The second-order valence-electron chi connectivity index (χ2n) is 12.2. The van der Waals surface area contributed by atoms with Crippen LogP contribution in [-0.2, 0) is 9.59 Å². The Morgan fingerprint density at radius 2 is 1.26 bits per heavy atom. The number of Topliss-reactive ketones (excluding diaryl/α,β-unsaturated/α-hetero) is 2. The standard InChI is InChI=1S/C31H34ClNO2/c1-18-7-12-22(13-19(18)2)33-23-14-30(3,4)16-25(34)28(23)27(20-8-10-21(32)11-9-20)29-24(33)15-31(5,6)17-26(29)35/h7-13,27H,14-17H2,1-6H3. The quantitative estimate of drug-likeness (QED) is 0.432. The summed E-state index contributed by atoms with van der Waals surface area (Å²) in [6, 6.07) is 14.2. The summed E-state index contributed by atoms with van der Waals surface area (Å²) >= 11 is 6.22. The molecule has 2 aromatic rings. The molecule has 0 bridgehead atoms. The number of hydrogen-bond acceptors (Lipinski definition) is 3. The number of carbonyl (C=O) groups is 2. The van der Waals surface area contributed by atoms with Crippen LogP contribution < -0.4 is 4.90 Å². The summed E-state index contributed by atoms with van der Waals surface area (Å²) in [7, 11) is 0. The second-order valence-corrected chi connectivity index (χ2v) is 12.6. The minimum atomic E-state index is -0.340. The molecule has 0 atom stereocenters. The minimum Gasteiger partial charge on any atom is -0.317 e. The van der Waals surface area contributed by atoms with Gasteiger partial charge in [0.05, 0.1) is 0 Å². The van der Waals surface area contributed by atoms with Gasteiger partial charge in [-0.2, -0.15) is 0 Å². The third kappa shape index (κ3) is 4.18. The van der Waals surface area contributed by atoms with Gasteiger partial charge in [0, 0.05) is 52.0 Å². The molecule has 35 heavy (non-hydrogen) atoms. The van der Waals surface area contributed by atoms with E-state index >= 15 is 0 Å². The predicted octanol–water partition coefficient (Wildman–Crippen LogP) is 7.85. The maximum atomic E-state index is 13.9. The molecule has 0 saturated heterocycles. The second kappa shape index (κ2) is 8.20. The Bertz CT molecular complexity index is 1260. The van der Waals surface area contributed by atoms with Crippen LogP contribution in [0.15, 0.2) is 65.0 Å². The Morgan fingerprint density at radius 1 is 0.743 bits per heavy atom. The number of benzene rings is 2. The van der Waals surface area contributed by atoms with E-state index in [1.54, 1.807) is 0 Å². The SMILES string of the molecule is Cc1ccc(N2C3=C(C(=O)CC(C)(C)C3)C(c3ccc(Cl)cc3)C3=C2CC(C)(C)CC3=O)cc1C. The lowest BCUT2D eigenvalue weighted by atomic mass is 9.63. The topological polar surface area (TPSA) is 37.4 Å². The smallest absolute Gasteiger partial charge is 0.162 e. The summed E-state index contributed by atoms with van der Waals surface area (Å²) in [5.41, 5.74) is 7.83. The van der Waals surface area contributed by atoms with Crippen LogP contribution in [0.1, 0.15) is 76.0 Å². The van der Waals surface area contributed by atoms with Gasteiger partial charge < -0.3 is 4.90 Å². The van der Waals surface area contributed by atoms with Crippen LogP contribution in [0.25, 0.3) is 0 Å². The van der Waals surface area contributed by atoms with Crippen molar-refractivity contribution in [2.24, 2.45) is 10.8 Å². The maximum Gasteiger partial charge on any atom is 0.162 e. The van der Waals surface area contributed by atoms with Crippen molar-refractivity contribution < 1.29 is 9.59 Å². The highest BCUT2D eigenvalue weighted by atomic mass is 35.5. The van der Waals surface area contributed by atoms with Crippen LogP contribution in [0.3, 0.4) is 0 Å². The van der Waals surface area contributed by atoms with E-state index in [2.05, 4.69) is 64.6 Å². The zero-order valence-corrected chi connectivity index (χ0v) is 22.3. The zero-order chi connectivity index (χ0) is 25.3. The van der Waals surface area contributed by atoms with E-state index < -0.39 is 0 Å². The van der Waals surface area contributed by atoms with Gasteiger partial charge in [0.25, 0.3) is 0 Å². The first-order valence-corrected chi connectivity index (χ1v) is 12.9. The normalized spacial score (nSPS) is 21.9. The lowest BCUT2D eigenvalue weighted by Crippen LogP contribution is -2.44. The molecule has 0 aromatic heterocycles. The number of carbonyl (C=O) groups excluding carboxylic acids is 2. The van der Waals surface area contributed by atoms with E-state index in [4.69, 9.17) is 11.6 Å². The van der Waals surface area contributed by atoms with Gasteiger partial charge >= 0.3 is 0 Å². The first kappa shape index (κ1) is 24.1. The van der Waals surface area contributed by atoms with Crippen LogP contribution in [0.5, 0.6) is 0 Å². The molecule has 182 valence electrons. The number of rotatable bonds is 2. The van der Waals surface area contributed by atoms with Gasteiger partial charge in [-0.1, -0.05) is 57.5 Å². The third-order valence-corrected chi connectivity index (χ3v) is 8.11. The average molecular weight is 488 g/mol. The molecule has 0 N–H and O–H groups in total. The summed E-state index contributed by atoms with van der Waals surface area (Å²) in [4.78, 5) is 30.0. The highest BCUT2D eigenvalue weighted by molar-refractivity contribution is 6.30. The number of ketones is 2. The minimum absolute atomic E-state index is 0.147. The maximum absolute atomic E-state index is 13.9. The van der Waals surface area contributed by atoms with Crippen molar-refractivity contribution in [1.29, 1.82) is 0 Å². The number of aryl methyl sites for hydroxylation is 2. The molecule has 0 radical (unpaired) electrons. The fourth-order valence-electron chi connectivity index (χ4n) is 6.13. The van der Waals surface area contributed by atoms with E-state index in [9.17, 15) is 9.59 Å². The largest absolute Gasteiger partial charge is 0.317 e. The molecule has 1 aliphatic heterocycles. The van der Waals surface area contributed by atoms with E-state index in [-0.39, 0.29) is 28.3 Å². The van der Waals surface area contributed by atoms with Gasteiger partial charge in [-0.25, -0.2) is 0 Å². The van der Waals surface area contributed by atoms with E-state index in [1.807, 2.05) is 24.3 Å². The molecule has 0 fully saturated rings. The van der Waals surface area contributed by atoms with Crippen LogP contribution in [0.2, 0.25) is 5.02 Å². The van der Waals surface area contributed by atoms with Crippen LogP contribution in [0, 0.1) is 24.7 Å². The van der Waals surface area contributed by atoms with Gasteiger partial charge in [-0.15, -0.1) is 0 Å². The van der Waals surface area contributed by atoms with Crippen molar-refractivity contribution >= 4 is 28.9 Å². The Morgan fingerprint density at radius 3 is 1.74 bits per heavy atom. The first-order valence-electron chi connectivity index (χ1n) is 12.5. The molecular weight excluding hydrogens is 454 g/mol. The Kier molecular flexibility index (Phi) is 5.64. The predicted molar refractivity (Wildman–Crippen MR) is 143 cm³/mol. The fourth-order valence-corrected chi connectivity index (χ4v) is 6.26. The van der Waals surface area contributed by atoms with Crippen molar-refractivity contribution in [1.82, 2.24) is 0 Å². The molecule has 0 saturated carbocycles. The molecule has 2 aromatic carbocycles. The molecule has 0 amide bonds. The molecule has 3 nitrogen and oxygen atoms in total. The fraction of sp³-hybridized carbons (Fsp3) is 0.419. The van der Waals surface area contributed by atoms with Crippen LogP contribution >= 0.6 is 11.6 Å². The van der Waals surface area contributed by atoms with E-state index in [0.717, 1.165) is 46.6 Å². The van der Waals surface area contributed by atoms with Crippen molar-refractivity contribution in [2.75, 3.05) is 4.90 Å². The Balaban J connectivity index is 1.83. The lowest BCUT2D eigenvalue weighted by Gasteiger charge is -2.49. The number of hydrogen-bond donors (Lipinski definition) is 0. The van der Waals surface area contributed by atoms with Gasteiger partial charge in [0.2, 0.25) is 0 Å². The van der Waals surface area contributed by atoms with Gasteiger partial charge in [0.1, 0.15) is 0 Å². The van der Waals surface area contributed by atoms with E-state index in [0.29, 0.717) is 17.9 Å². The molecule has 0 unspecified atom stereocenters. The summed E-state index contributed by atoms with van der Waals surface area (Å²) in [5.74, 6) is -0.0457. The Labute approximate surface area is 213 Å². The zero-order valence-electron chi connectivity index (χ0n) is 21.6. The number of anilines is 1. The van der Waals surface area contributed by atoms with Crippen molar-refractivity contribution in [3.8, 4) is 0 Å².